The summed E-state index contributed by atoms with van der Waals surface area (Å²) in [7, 11) is 1.36. The highest BCUT2D eigenvalue weighted by atomic mass is 32.2. The van der Waals surface area contributed by atoms with Crippen molar-refractivity contribution in [2.75, 3.05) is 7.11 Å². The fraction of sp³-hybridized carbons (Fsp3) is 0.500. The van der Waals surface area contributed by atoms with Crippen molar-refractivity contribution >= 4 is 17.7 Å². The first kappa shape index (κ1) is 14.3. The fourth-order valence-corrected chi connectivity index (χ4v) is 3.87. The molecule has 1 fully saturated rings. The standard InChI is InChI=1S/C14H18FNO2S/c1-18-13(17)14(16)7-3-6-12(9-14)19-11-5-2-4-10(15)8-11/h2,4-5,8,12H,3,6-7,9,16H2,1H3. The normalized spacial score (nSPS) is 27.0. The Labute approximate surface area is 116 Å². The van der Waals surface area contributed by atoms with Crippen LogP contribution in [-0.2, 0) is 9.53 Å². The van der Waals surface area contributed by atoms with Crippen molar-refractivity contribution < 1.29 is 13.9 Å². The van der Waals surface area contributed by atoms with Gasteiger partial charge in [-0.2, -0.15) is 0 Å². The lowest BCUT2D eigenvalue weighted by Crippen LogP contribution is -2.52. The number of ether oxygens (including phenoxy) is 1. The summed E-state index contributed by atoms with van der Waals surface area (Å²) in [6.07, 6.45) is 3.09. The molecule has 5 heteroatoms. The first-order valence-electron chi connectivity index (χ1n) is 6.33. The number of nitrogens with two attached hydrogens (primary N) is 1. The molecule has 19 heavy (non-hydrogen) atoms. The van der Waals surface area contributed by atoms with E-state index in [9.17, 15) is 9.18 Å². The molecule has 0 aromatic heterocycles. The number of carbonyl (C=O) groups excluding carboxylic acids is 1. The molecule has 0 bridgehead atoms. The minimum absolute atomic E-state index is 0.222. The van der Waals surface area contributed by atoms with Crippen LogP contribution in [-0.4, -0.2) is 23.9 Å². The smallest absolute Gasteiger partial charge is 0.325 e. The van der Waals surface area contributed by atoms with Gasteiger partial charge in [-0.3, -0.25) is 4.79 Å². The molecule has 104 valence electrons. The molecule has 0 amide bonds. The van der Waals surface area contributed by atoms with E-state index < -0.39 is 5.54 Å². The van der Waals surface area contributed by atoms with Crippen molar-refractivity contribution in [2.24, 2.45) is 5.73 Å². The van der Waals surface area contributed by atoms with E-state index in [-0.39, 0.29) is 17.0 Å². The van der Waals surface area contributed by atoms with Crippen LogP contribution in [0.1, 0.15) is 25.7 Å². The Morgan fingerprint density at radius 3 is 3.05 bits per heavy atom. The van der Waals surface area contributed by atoms with Gasteiger partial charge in [0.25, 0.3) is 0 Å². The van der Waals surface area contributed by atoms with Crippen LogP contribution in [0.25, 0.3) is 0 Å². The van der Waals surface area contributed by atoms with Crippen LogP contribution < -0.4 is 5.73 Å². The molecule has 3 nitrogen and oxygen atoms in total. The van der Waals surface area contributed by atoms with Crippen molar-refractivity contribution in [3.8, 4) is 0 Å². The van der Waals surface area contributed by atoms with Crippen molar-refractivity contribution in [1.82, 2.24) is 0 Å². The number of carbonyl (C=O) groups is 1. The second kappa shape index (κ2) is 5.92. The average Bonchev–Trinajstić information content (AvgIpc) is 2.38. The number of hydrogen-bond acceptors (Lipinski definition) is 4. The molecule has 0 spiro atoms. The Hall–Kier alpha value is -1.07. The van der Waals surface area contributed by atoms with Gasteiger partial charge in [-0.1, -0.05) is 6.07 Å². The Morgan fingerprint density at radius 2 is 2.37 bits per heavy atom. The third-order valence-corrected chi connectivity index (χ3v) is 4.69. The number of halogens is 1. The number of esters is 1. The second-order valence-electron chi connectivity index (χ2n) is 4.94. The summed E-state index contributed by atoms with van der Waals surface area (Å²) in [4.78, 5) is 12.6. The summed E-state index contributed by atoms with van der Waals surface area (Å²) in [5.41, 5.74) is 5.23. The monoisotopic (exact) mass is 283 g/mol. The molecule has 1 aromatic carbocycles. The molecule has 2 atom stereocenters. The van der Waals surface area contributed by atoms with E-state index >= 15 is 0 Å². The van der Waals surface area contributed by atoms with E-state index in [1.165, 1.54) is 19.2 Å². The zero-order chi connectivity index (χ0) is 13.9. The molecule has 0 radical (unpaired) electrons. The Balaban J connectivity index is 2.04. The van der Waals surface area contributed by atoms with Crippen LogP contribution in [0.2, 0.25) is 0 Å². The Bertz CT molecular complexity index is 469. The van der Waals surface area contributed by atoms with Crippen molar-refractivity contribution in [2.45, 2.75) is 41.4 Å². The minimum Gasteiger partial charge on any atom is -0.468 e. The van der Waals surface area contributed by atoms with E-state index in [0.29, 0.717) is 12.8 Å². The predicted octanol–water partition coefficient (Wildman–Crippen LogP) is 2.73. The predicted molar refractivity (Wildman–Crippen MR) is 73.4 cm³/mol. The number of rotatable bonds is 3. The third-order valence-electron chi connectivity index (χ3n) is 3.43. The highest BCUT2D eigenvalue weighted by molar-refractivity contribution is 8.00. The SMILES string of the molecule is COC(=O)C1(N)CCCC(Sc2cccc(F)c2)C1. The lowest BCUT2D eigenvalue weighted by Gasteiger charge is -2.35. The van der Waals surface area contributed by atoms with E-state index in [4.69, 9.17) is 10.5 Å². The maximum absolute atomic E-state index is 13.1. The molecule has 1 aliphatic rings. The average molecular weight is 283 g/mol. The molecule has 2 unspecified atom stereocenters. The molecule has 1 aliphatic carbocycles. The molecule has 0 aliphatic heterocycles. The summed E-state index contributed by atoms with van der Waals surface area (Å²) in [6.45, 7) is 0. The van der Waals surface area contributed by atoms with Gasteiger partial charge in [-0.25, -0.2) is 4.39 Å². The topological polar surface area (TPSA) is 52.3 Å². The van der Waals surface area contributed by atoms with Gasteiger partial charge >= 0.3 is 5.97 Å². The van der Waals surface area contributed by atoms with Gasteiger partial charge in [-0.15, -0.1) is 11.8 Å². The zero-order valence-electron chi connectivity index (χ0n) is 10.9. The van der Waals surface area contributed by atoms with Crippen LogP contribution in [0.3, 0.4) is 0 Å². The van der Waals surface area contributed by atoms with Crippen LogP contribution in [0.5, 0.6) is 0 Å². The molecule has 1 saturated carbocycles. The molecule has 0 saturated heterocycles. The Kier molecular flexibility index (Phi) is 4.47. The van der Waals surface area contributed by atoms with Gasteiger partial charge in [0, 0.05) is 10.1 Å². The first-order chi connectivity index (χ1) is 9.03. The van der Waals surface area contributed by atoms with Gasteiger partial charge in [0.2, 0.25) is 0 Å². The molecule has 1 aromatic rings. The third kappa shape index (κ3) is 3.48. The van der Waals surface area contributed by atoms with E-state index in [2.05, 4.69) is 0 Å². The van der Waals surface area contributed by atoms with Gasteiger partial charge in [-0.05, 0) is 43.9 Å². The summed E-state index contributed by atoms with van der Waals surface area (Å²) < 4.78 is 17.9. The van der Waals surface area contributed by atoms with Gasteiger partial charge in [0.15, 0.2) is 0 Å². The van der Waals surface area contributed by atoms with Crippen molar-refractivity contribution in [3.05, 3.63) is 30.1 Å². The minimum atomic E-state index is -0.891. The van der Waals surface area contributed by atoms with Crippen molar-refractivity contribution in [3.63, 3.8) is 0 Å². The number of hydrogen-bond donors (Lipinski definition) is 1. The molecule has 2 rings (SSSR count). The maximum atomic E-state index is 13.1. The highest BCUT2D eigenvalue weighted by Gasteiger charge is 2.40. The maximum Gasteiger partial charge on any atom is 0.325 e. The summed E-state index contributed by atoms with van der Waals surface area (Å²) >= 11 is 1.58. The highest BCUT2D eigenvalue weighted by Crippen LogP contribution is 2.37. The first-order valence-corrected chi connectivity index (χ1v) is 7.21. The fourth-order valence-electron chi connectivity index (χ4n) is 2.48. The van der Waals surface area contributed by atoms with E-state index in [0.717, 1.165) is 17.7 Å². The lowest BCUT2D eigenvalue weighted by molar-refractivity contribution is -0.148. The van der Waals surface area contributed by atoms with E-state index in [1.807, 2.05) is 6.07 Å². The zero-order valence-corrected chi connectivity index (χ0v) is 11.7. The molecule has 0 heterocycles. The van der Waals surface area contributed by atoms with Crippen molar-refractivity contribution in [1.29, 1.82) is 0 Å². The van der Waals surface area contributed by atoms with E-state index in [1.54, 1.807) is 17.8 Å². The van der Waals surface area contributed by atoms with Crippen LogP contribution in [0.15, 0.2) is 29.2 Å². The number of benzene rings is 1. The number of thioether (sulfide) groups is 1. The molecular formula is C14H18FNO2S. The van der Waals surface area contributed by atoms with Gasteiger partial charge in [0.05, 0.1) is 7.11 Å². The molecule has 2 N–H and O–H groups in total. The summed E-state index contributed by atoms with van der Waals surface area (Å²) in [6, 6.07) is 6.50. The summed E-state index contributed by atoms with van der Waals surface area (Å²) in [5.74, 6) is -0.593. The van der Waals surface area contributed by atoms with Gasteiger partial charge in [0.1, 0.15) is 11.4 Å². The summed E-state index contributed by atoms with van der Waals surface area (Å²) in [5, 5.41) is 0.222. The van der Waals surface area contributed by atoms with Gasteiger partial charge < -0.3 is 10.5 Å². The second-order valence-corrected chi connectivity index (χ2v) is 6.32. The van der Waals surface area contributed by atoms with Crippen LogP contribution in [0.4, 0.5) is 4.39 Å². The number of methoxy groups -OCH3 is 1. The quantitative estimate of drug-likeness (QED) is 0.867. The molecular weight excluding hydrogens is 265 g/mol. The Morgan fingerprint density at radius 1 is 1.58 bits per heavy atom. The van der Waals surface area contributed by atoms with Crippen LogP contribution in [0, 0.1) is 5.82 Å². The largest absolute Gasteiger partial charge is 0.468 e. The van der Waals surface area contributed by atoms with Crippen LogP contribution >= 0.6 is 11.8 Å². The lowest BCUT2D eigenvalue weighted by atomic mass is 9.82.